The van der Waals surface area contributed by atoms with Gasteiger partial charge in [0.2, 0.25) is 0 Å². The summed E-state index contributed by atoms with van der Waals surface area (Å²) in [7, 11) is 0. The first-order valence-corrected chi connectivity index (χ1v) is 7.82. The summed E-state index contributed by atoms with van der Waals surface area (Å²) in [5, 5.41) is 0. The fraction of sp³-hybridized carbons (Fsp3) is 1.00. The summed E-state index contributed by atoms with van der Waals surface area (Å²) in [6.45, 7) is 3.63. The molecule has 2 fully saturated rings. The molecule has 2 heterocycles. The highest BCUT2D eigenvalue weighted by atomic mass is 15.2. The van der Waals surface area contributed by atoms with Crippen LogP contribution in [0.1, 0.15) is 71.1 Å². The second kappa shape index (κ2) is 6.75. The summed E-state index contributed by atoms with van der Waals surface area (Å²) in [6.07, 6.45) is 13.8. The van der Waals surface area contributed by atoms with Crippen LogP contribution in [0.3, 0.4) is 0 Å². The van der Waals surface area contributed by atoms with Gasteiger partial charge in [-0.2, -0.15) is 0 Å². The molecular formula is C15H30N2. The van der Waals surface area contributed by atoms with Crippen molar-refractivity contribution in [3.8, 4) is 0 Å². The zero-order valence-corrected chi connectivity index (χ0v) is 11.5. The van der Waals surface area contributed by atoms with Crippen LogP contribution in [-0.2, 0) is 0 Å². The first kappa shape index (κ1) is 13.4. The van der Waals surface area contributed by atoms with Crippen LogP contribution in [0.5, 0.6) is 0 Å². The topological polar surface area (TPSA) is 29.3 Å². The van der Waals surface area contributed by atoms with E-state index in [1.807, 2.05) is 0 Å². The molecule has 2 N–H and O–H groups in total. The maximum Gasteiger partial charge on any atom is 0.0113 e. The monoisotopic (exact) mass is 238 g/mol. The van der Waals surface area contributed by atoms with Crippen LogP contribution in [0.15, 0.2) is 0 Å². The Morgan fingerprint density at radius 3 is 2.18 bits per heavy atom. The molecule has 0 amide bonds. The third-order valence-electron chi connectivity index (χ3n) is 4.69. The average molecular weight is 238 g/mol. The summed E-state index contributed by atoms with van der Waals surface area (Å²) in [4.78, 5) is 2.78. The number of rotatable bonds is 7. The predicted molar refractivity (Wildman–Crippen MR) is 74.1 cm³/mol. The van der Waals surface area contributed by atoms with E-state index in [0.717, 1.165) is 12.1 Å². The van der Waals surface area contributed by atoms with Crippen LogP contribution in [0.2, 0.25) is 0 Å². The maximum atomic E-state index is 6.10. The van der Waals surface area contributed by atoms with Gasteiger partial charge in [0.05, 0.1) is 0 Å². The molecule has 0 saturated carbocycles. The number of nitrogens with two attached hydrogens (primary N) is 1. The molecule has 2 rings (SSSR count). The standard InChI is InChI=1S/C15H30N2/c1-2-3-4-5-6-7-10-17-14-8-9-15(17)12-13(16)11-14/h13-15H,2-12,16H2,1H3. The van der Waals surface area contributed by atoms with Gasteiger partial charge in [-0.15, -0.1) is 0 Å². The summed E-state index contributed by atoms with van der Waals surface area (Å²) in [5.41, 5.74) is 6.10. The molecule has 0 aromatic rings. The quantitative estimate of drug-likeness (QED) is 0.690. The maximum absolute atomic E-state index is 6.10. The normalized spacial score (nSPS) is 33.2. The number of hydrogen-bond donors (Lipinski definition) is 1. The summed E-state index contributed by atoms with van der Waals surface area (Å²) in [5.74, 6) is 0. The lowest BCUT2D eigenvalue weighted by Crippen LogP contribution is -2.47. The lowest BCUT2D eigenvalue weighted by atomic mass is 9.97. The van der Waals surface area contributed by atoms with E-state index >= 15 is 0 Å². The first-order valence-electron chi connectivity index (χ1n) is 7.82. The van der Waals surface area contributed by atoms with Crippen molar-refractivity contribution in [3.05, 3.63) is 0 Å². The molecule has 2 nitrogen and oxygen atoms in total. The molecule has 2 atom stereocenters. The van der Waals surface area contributed by atoms with Gasteiger partial charge in [-0.05, 0) is 38.6 Å². The highest BCUT2D eigenvalue weighted by Gasteiger charge is 2.38. The zero-order chi connectivity index (χ0) is 12.1. The number of unbranched alkanes of at least 4 members (excludes halogenated alkanes) is 5. The number of nitrogens with zero attached hydrogens (tertiary/aromatic N) is 1. The van der Waals surface area contributed by atoms with Gasteiger partial charge in [0, 0.05) is 18.1 Å². The predicted octanol–water partition coefficient (Wildman–Crippen LogP) is 3.30. The smallest absolute Gasteiger partial charge is 0.0113 e. The molecule has 0 aromatic heterocycles. The minimum atomic E-state index is 0.494. The molecule has 17 heavy (non-hydrogen) atoms. The van der Waals surface area contributed by atoms with E-state index in [0.29, 0.717) is 6.04 Å². The van der Waals surface area contributed by atoms with Crippen molar-refractivity contribution in [1.29, 1.82) is 0 Å². The van der Waals surface area contributed by atoms with Crippen LogP contribution in [0.25, 0.3) is 0 Å². The Morgan fingerprint density at radius 1 is 0.941 bits per heavy atom. The SMILES string of the molecule is CCCCCCCCN1C2CCC1CC(N)C2. The van der Waals surface area contributed by atoms with Gasteiger partial charge in [0.25, 0.3) is 0 Å². The molecule has 0 aliphatic carbocycles. The minimum Gasteiger partial charge on any atom is -0.328 e. The first-order chi connectivity index (χ1) is 8.31. The second-order valence-electron chi connectivity index (χ2n) is 6.12. The number of piperidine rings is 1. The highest BCUT2D eigenvalue weighted by molar-refractivity contribution is 4.96. The lowest BCUT2D eigenvalue weighted by molar-refractivity contribution is 0.125. The van der Waals surface area contributed by atoms with Gasteiger partial charge in [-0.25, -0.2) is 0 Å². The number of fused-ring (bicyclic) bond motifs is 2. The summed E-state index contributed by atoms with van der Waals surface area (Å²) in [6, 6.07) is 2.16. The fourth-order valence-electron chi connectivity index (χ4n) is 3.76. The van der Waals surface area contributed by atoms with Gasteiger partial charge in [0.1, 0.15) is 0 Å². The van der Waals surface area contributed by atoms with E-state index in [9.17, 15) is 0 Å². The third-order valence-corrected chi connectivity index (χ3v) is 4.69. The van der Waals surface area contributed by atoms with Gasteiger partial charge in [-0.3, -0.25) is 4.90 Å². The van der Waals surface area contributed by atoms with Crippen LogP contribution in [0.4, 0.5) is 0 Å². The fourth-order valence-corrected chi connectivity index (χ4v) is 3.76. The molecule has 2 bridgehead atoms. The second-order valence-corrected chi connectivity index (χ2v) is 6.12. The van der Waals surface area contributed by atoms with E-state index in [-0.39, 0.29) is 0 Å². The van der Waals surface area contributed by atoms with Gasteiger partial charge >= 0.3 is 0 Å². The molecular weight excluding hydrogens is 208 g/mol. The summed E-state index contributed by atoms with van der Waals surface area (Å²) < 4.78 is 0. The molecule has 100 valence electrons. The summed E-state index contributed by atoms with van der Waals surface area (Å²) >= 11 is 0. The highest BCUT2D eigenvalue weighted by Crippen LogP contribution is 2.35. The number of hydrogen-bond acceptors (Lipinski definition) is 2. The van der Waals surface area contributed by atoms with Crippen LogP contribution in [0, 0.1) is 0 Å². The van der Waals surface area contributed by atoms with E-state index in [1.165, 1.54) is 70.8 Å². The molecule has 2 aliphatic rings. The van der Waals surface area contributed by atoms with Crippen molar-refractivity contribution < 1.29 is 0 Å². The Bertz CT molecular complexity index is 203. The minimum absolute atomic E-state index is 0.494. The lowest BCUT2D eigenvalue weighted by Gasteiger charge is -2.37. The Labute approximate surface area is 107 Å². The Hall–Kier alpha value is -0.0800. The van der Waals surface area contributed by atoms with Gasteiger partial charge in [0.15, 0.2) is 0 Å². The molecule has 2 unspecified atom stereocenters. The van der Waals surface area contributed by atoms with E-state index in [4.69, 9.17) is 5.73 Å². The van der Waals surface area contributed by atoms with Crippen molar-refractivity contribution in [2.45, 2.75) is 89.3 Å². The largest absolute Gasteiger partial charge is 0.328 e. The van der Waals surface area contributed by atoms with Gasteiger partial charge in [-0.1, -0.05) is 39.0 Å². The van der Waals surface area contributed by atoms with Crippen molar-refractivity contribution in [3.63, 3.8) is 0 Å². The van der Waals surface area contributed by atoms with E-state index in [1.54, 1.807) is 0 Å². The third kappa shape index (κ3) is 3.69. The van der Waals surface area contributed by atoms with Crippen molar-refractivity contribution in [2.75, 3.05) is 6.54 Å². The average Bonchev–Trinajstić information content (AvgIpc) is 2.56. The van der Waals surface area contributed by atoms with Gasteiger partial charge < -0.3 is 5.73 Å². The Balaban J connectivity index is 1.60. The van der Waals surface area contributed by atoms with Crippen LogP contribution < -0.4 is 5.73 Å². The van der Waals surface area contributed by atoms with E-state index < -0.39 is 0 Å². The van der Waals surface area contributed by atoms with Crippen molar-refractivity contribution >= 4 is 0 Å². The van der Waals surface area contributed by atoms with Crippen LogP contribution >= 0.6 is 0 Å². The Morgan fingerprint density at radius 2 is 1.53 bits per heavy atom. The molecule has 0 aromatic carbocycles. The van der Waals surface area contributed by atoms with E-state index in [2.05, 4.69) is 11.8 Å². The molecule has 0 spiro atoms. The molecule has 2 saturated heterocycles. The Kier molecular flexibility index (Phi) is 5.30. The molecule has 2 heteroatoms. The van der Waals surface area contributed by atoms with Crippen molar-refractivity contribution in [2.24, 2.45) is 5.73 Å². The van der Waals surface area contributed by atoms with Crippen LogP contribution in [-0.4, -0.2) is 29.6 Å². The van der Waals surface area contributed by atoms with Crippen molar-refractivity contribution in [1.82, 2.24) is 4.90 Å². The molecule has 0 radical (unpaired) electrons. The zero-order valence-electron chi connectivity index (χ0n) is 11.5. The molecule has 2 aliphatic heterocycles.